The molecule has 0 N–H and O–H groups in total. The molecule has 0 amide bonds. The summed E-state index contributed by atoms with van der Waals surface area (Å²) in [6.45, 7) is 17.8. The Morgan fingerprint density at radius 1 is 0.607 bits per heavy atom. The number of allylic oxidation sites excluding steroid dienone is 2. The standard InChI is InChI=1S/C26H36O2/c1-17(21-15-19(25(3,4)5)11-13-23(21)27-9)18(2)22-16-20(26(6,7)8)12-14-24(22)28-10/h11-16H,1-10H3/b18-17+. The predicted molar refractivity (Wildman–Crippen MR) is 122 cm³/mol. The smallest absolute Gasteiger partial charge is 0.126 e. The van der Waals surface area contributed by atoms with E-state index in [4.69, 9.17) is 9.47 Å². The molecule has 2 aromatic carbocycles. The van der Waals surface area contributed by atoms with Crippen LogP contribution in [-0.2, 0) is 10.8 Å². The molecular formula is C26H36O2. The first-order chi connectivity index (χ1) is 12.9. The van der Waals surface area contributed by atoms with Crippen molar-refractivity contribution in [2.75, 3.05) is 14.2 Å². The van der Waals surface area contributed by atoms with Crippen LogP contribution in [0.3, 0.4) is 0 Å². The zero-order valence-electron chi connectivity index (χ0n) is 19.3. The van der Waals surface area contributed by atoms with Gasteiger partial charge in [-0.3, -0.25) is 0 Å². The summed E-state index contributed by atoms with van der Waals surface area (Å²) < 4.78 is 11.4. The first-order valence-corrected chi connectivity index (χ1v) is 9.95. The van der Waals surface area contributed by atoms with Crippen molar-refractivity contribution < 1.29 is 9.47 Å². The highest BCUT2D eigenvalue weighted by atomic mass is 16.5. The van der Waals surface area contributed by atoms with Gasteiger partial charge in [-0.1, -0.05) is 53.7 Å². The average molecular weight is 381 g/mol. The summed E-state index contributed by atoms with van der Waals surface area (Å²) in [6.07, 6.45) is 0. The minimum absolute atomic E-state index is 0.0824. The van der Waals surface area contributed by atoms with Gasteiger partial charge >= 0.3 is 0 Å². The van der Waals surface area contributed by atoms with Crippen molar-refractivity contribution in [2.45, 2.75) is 66.2 Å². The van der Waals surface area contributed by atoms with Gasteiger partial charge in [0.15, 0.2) is 0 Å². The summed E-state index contributed by atoms with van der Waals surface area (Å²) in [7, 11) is 3.47. The third-order valence-corrected chi connectivity index (χ3v) is 5.50. The van der Waals surface area contributed by atoms with E-state index in [1.165, 1.54) is 22.3 Å². The number of hydrogen-bond acceptors (Lipinski definition) is 2. The second-order valence-corrected chi connectivity index (χ2v) is 9.58. The van der Waals surface area contributed by atoms with E-state index in [0.29, 0.717) is 0 Å². The zero-order chi connectivity index (χ0) is 21.3. The van der Waals surface area contributed by atoms with Gasteiger partial charge in [-0.2, -0.15) is 0 Å². The second-order valence-electron chi connectivity index (χ2n) is 9.58. The van der Waals surface area contributed by atoms with Gasteiger partial charge in [0, 0.05) is 11.1 Å². The van der Waals surface area contributed by atoms with E-state index in [9.17, 15) is 0 Å². The number of hydrogen-bond donors (Lipinski definition) is 0. The monoisotopic (exact) mass is 380 g/mol. The minimum atomic E-state index is 0.0824. The van der Waals surface area contributed by atoms with Crippen LogP contribution in [0.1, 0.15) is 77.6 Å². The number of methoxy groups -OCH3 is 2. The number of ether oxygens (including phenoxy) is 2. The quantitative estimate of drug-likeness (QED) is 0.520. The van der Waals surface area contributed by atoms with Crippen LogP contribution in [0.4, 0.5) is 0 Å². The molecule has 0 radical (unpaired) electrons. The first-order valence-electron chi connectivity index (χ1n) is 9.95. The van der Waals surface area contributed by atoms with Crippen molar-refractivity contribution in [3.05, 3.63) is 58.7 Å². The number of benzene rings is 2. The maximum atomic E-state index is 5.69. The lowest BCUT2D eigenvalue weighted by Gasteiger charge is -2.23. The van der Waals surface area contributed by atoms with Crippen LogP contribution in [0.5, 0.6) is 11.5 Å². The zero-order valence-corrected chi connectivity index (χ0v) is 19.3. The Balaban J connectivity index is 2.72. The Morgan fingerprint density at radius 2 is 0.929 bits per heavy atom. The fourth-order valence-electron chi connectivity index (χ4n) is 3.34. The van der Waals surface area contributed by atoms with Crippen LogP contribution in [0.25, 0.3) is 11.1 Å². The predicted octanol–water partition coefficient (Wildman–Crippen LogP) is 7.25. The fourth-order valence-corrected chi connectivity index (χ4v) is 3.34. The molecule has 2 rings (SSSR count). The van der Waals surface area contributed by atoms with E-state index in [1.807, 2.05) is 0 Å². The highest BCUT2D eigenvalue weighted by molar-refractivity contribution is 5.92. The van der Waals surface area contributed by atoms with Gasteiger partial charge < -0.3 is 9.47 Å². The van der Waals surface area contributed by atoms with Crippen molar-refractivity contribution in [2.24, 2.45) is 0 Å². The third-order valence-electron chi connectivity index (χ3n) is 5.50. The highest BCUT2D eigenvalue weighted by Gasteiger charge is 2.20. The van der Waals surface area contributed by atoms with Gasteiger partial charge in [0.2, 0.25) is 0 Å². The van der Waals surface area contributed by atoms with Crippen LogP contribution in [0.15, 0.2) is 36.4 Å². The Labute approximate surface area is 171 Å². The lowest BCUT2D eigenvalue weighted by atomic mass is 9.83. The summed E-state index contributed by atoms with van der Waals surface area (Å²) in [4.78, 5) is 0. The van der Waals surface area contributed by atoms with Gasteiger partial charge in [0.25, 0.3) is 0 Å². The maximum Gasteiger partial charge on any atom is 0.126 e. The summed E-state index contributed by atoms with van der Waals surface area (Å²) in [5, 5.41) is 0. The van der Waals surface area contributed by atoms with Gasteiger partial charge in [0.05, 0.1) is 14.2 Å². The van der Waals surface area contributed by atoms with E-state index in [2.05, 4.69) is 91.8 Å². The SMILES string of the molecule is COc1ccc(C(C)(C)C)cc1/C(C)=C(\C)c1cc(C(C)(C)C)ccc1OC. The minimum Gasteiger partial charge on any atom is -0.496 e. The van der Waals surface area contributed by atoms with Crippen LogP contribution in [0.2, 0.25) is 0 Å². The Morgan fingerprint density at radius 3 is 1.18 bits per heavy atom. The molecule has 0 aliphatic rings. The molecule has 0 saturated carbocycles. The van der Waals surface area contributed by atoms with Crippen LogP contribution < -0.4 is 9.47 Å². The van der Waals surface area contributed by atoms with Gasteiger partial charge in [-0.15, -0.1) is 0 Å². The first kappa shape index (κ1) is 22.1. The molecule has 0 atom stereocenters. The van der Waals surface area contributed by atoms with Gasteiger partial charge in [-0.05, 0) is 71.2 Å². The molecular weight excluding hydrogens is 344 g/mol. The van der Waals surface area contributed by atoms with Crippen molar-refractivity contribution in [3.8, 4) is 11.5 Å². The Hall–Kier alpha value is -2.22. The molecule has 0 aliphatic heterocycles. The molecule has 0 unspecified atom stereocenters. The summed E-state index contributed by atoms with van der Waals surface area (Å²) >= 11 is 0. The third kappa shape index (κ3) is 4.60. The molecule has 0 spiro atoms. The highest BCUT2D eigenvalue weighted by Crippen LogP contribution is 2.39. The van der Waals surface area contributed by atoms with Crippen LogP contribution in [0, 0.1) is 0 Å². The van der Waals surface area contributed by atoms with E-state index in [1.54, 1.807) is 14.2 Å². The van der Waals surface area contributed by atoms with Gasteiger partial charge in [-0.25, -0.2) is 0 Å². The molecule has 0 saturated heterocycles. The normalized spacial score (nSPS) is 13.2. The summed E-state index contributed by atoms with van der Waals surface area (Å²) in [6, 6.07) is 13.0. The van der Waals surface area contributed by atoms with E-state index < -0.39 is 0 Å². The van der Waals surface area contributed by atoms with Crippen LogP contribution >= 0.6 is 0 Å². The summed E-state index contributed by atoms with van der Waals surface area (Å²) in [5.74, 6) is 1.80. The van der Waals surface area contributed by atoms with Gasteiger partial charge in [0.1, 0.15) is 11.5 Å². The van der Waals surface area contributed by atoms with Crippen molar-refractivity contribution in [1.29, 1.82) is 0 Å². The molecule has 0 fully saturated rings. The Kier molecular flexibility index (Phi) is 6.33. The largest absolute Gasteiger partial charge is 0.496 e. The topological polar surface area (TPSA) is 18.5 Å². The summed E-state index contributed by atoms with van der Waals surface area (Å²) in [5.41, 5.74) is 7.43. The van der Waals surface area contributed by atoms with E-state index in [0.717, 1.165) is 22.6 Å². The fraction of sp³-hybridized carbons (Fsp3) is 0.462. The number of rotatable bonds is 4. The molecule has 2 nitrogen and oxygen atoms in total. The van der Waals surface area contributed by atoms with E-state index in [-0.39, 0.29) is 10.8 Å². The molecule has 0 aliphatic carbocycles. The molecule has 152 valence electrons. The van der Waals surface area contributed by atoms with Crippen LogP contribution in [-0.4, -0.2) is 14.2 Å². The average Bonchev–Trinajstić information content (AvgIpc) is 2.64. The van der Waals surface area contributed by atoms with Crippen molar-refractivity contribution in [3.63, 3.8) is 0 Å². The van der Waals surface area contributed by atoms with E-state index >= 15 is 0 Å². The molecule has 2 heteroatoms. The second kappa shape index (κ2) is 8.03. The molecule has 0 heterocycles. The lowest BCUT2D eigenvalue weighted by molar-refractivity contribution is 0.412. The lowest BCUT2D eigenvalue weighted by Crippen LogP contribution is -2.12. The maximum absolute atomic E-state index is 5.69. The molecule has 0 aromatic heterocycles. The van der Waals surface area contributed by atoms with Crippen molar-refractivity contribution >= 4 is 11.1 Å². The molecule has 0 bridgehead atoms. The molecule has 28 heavy (non-hydrogen) atoms. The van der Waals surface area contributed by atoms with Crippen molar-refractivity contribution in [1.82, 2.24) is 0 Å². The Bertz CT molecular complexity index is 801. The molecule has 2 aromatic rings.